The molecule has 0 aliphatic heterocycles. The molecule has 9 heavy (non-hydrogen) atoms. The summed E-state index contributed by atoms with van der Waals surface area (Å²) in [6.45, 7) is 7.24. The first-order valence-corrected chi connectivity index (χ1v) is 3.59. The Kier molecular flexibility index (Phi) is 20.0. The molecule has 56 valence electrons. The van der Waals surface area contributed by atoms with Crippen molar-refractivity contribution in [3.8, 4) is 0 Å². The molecule has 1 nitrogen and oxygen atoms in total. The average molecular weight is 129 g/mol. The van der Waals surface area contributed by atoms with Gasteiger partial charge in [-0.1, -0.05) is 32.4 Å². The van der Waals surface area contributed by atoms with Crippen LogP contribution in [-0.4, -0.2) is 13.6 Å². The van der Waals surface area contributed by atoms with Gasteiger partial charge in [-0.05, 0) is 14.0 Å². The molecule has 0 saturated carbocycles. The fourth-order valence-electron chi connectivity index (χ4n) is 0.236. The quantitative estimate of drug-likeness (QED) is 0.564. The molecule has 0 aromatic carbocycles. The summed E-state index contributed by atoms with van der Waals surface area (Å²) in [7, 11) is 1.93. The molecule has 0 unspecified atom stereocenters. The van der Waals surface area contributed by atoms with Crippen LogP contribution in [0.2, 0.25) is 0 Å². The fraction of sp³-hybridized carbons (Fsp3) is 0.750. The third-order valence-electron chi connectivity index (χ3n) is 0.558. The first-order valence-electron chi connectivity index (χ1n) is 3.59. The minimum Gasteiger partial charge on any atom is -0.316 e. The van der Waals surface area contributed by atoms with Gasteiger partial charge in [-0.25, -0.2) is 0 Å². The lowest BCUT2D eigenvalue weighted by atomic mass is 10.5. The zero-order chi connectivity index (χ0) is 7.54. The molecule has 1 heteroatoms. The van der Waals surface area contributed by atoms with E-state index in [4.69, 9.17) is 0 Å². The van der Waals surface area contributed by atoms with E-state index in [0.29, 0.717) is 0 Å². The fourth-order valence-corrected chi connectivity index (χ4v) is 0.236. The van der Waals surface area contributed by atoms with E-state index in [1.54, 1.807) is 0 Å². The van der Waals surface area contributed by atoms with Crippen LogP contribution in [0.1, 0.15) is 27.2 Å². The molecule has 0 aromatic heterocycles. The zero-order valence-corrected chi connectivity index (χ0v) is 7.07. The van der Waals surface area contributed by atoms with Crippen LogP contribution in [0, 0.1) is 0 Å². The molecule has 0 amide bonds. The monoisotopic (exact) mass is 129 g/mol. The number of hydrogen-bond acceptors (Lipinski definition) is 1. The van der Waals surface area contributed by atoms with Gasteiger partial charge >= 0.3 is 0 Å². The second kappa shape index (κ2) is 15.6. The van der Waals surface area contributed by atoms with Gasteiger partial charge in [-0.2, -0.15) is 0 Å². The van der Waals surface area contributed by atoms with E-state index in [2.05, 4.69) is 25.2 Å². The Balaban J connectivity index is 0. The number of hydrogen-bond donors (Lipinski definition) is 1. The van der Waals surface area contributed by atoms with Crippen molar-refractivity contribution in [2.24, 2.45) is 0 Å². The number of allylic oxidation sites excluding steroid dienone is 1. The molecule has 0 fully saturated rings. The molecule has 0 bridgehead atoms. The van der Waals surface area contributed by atoms with Gasteiger partial charge in [-0.15, -0.1) is 0 Å². The van der Waals surface area contributed by atoms with E-state index in [1.807, 2.05) is 20.0 Å². The van der Waals surface area contributed by atoms with Gasteiger partial charge < -0.3 is 5.32 Å². The van der Waals surface area contributed by atoms with Crippen molar-refractivity contribution in [3.63, 3.8) is 0 Å². The second-order valence-corrected chi connectivity index (χ2v) is 1.83. The highest BCUT2D eigenvalue weighted by Crippen LogP contribution is 1.61. The molecular weight excluding hydrogens is 110 g/mol. The van der Waals surface area contributed by atoms with Gasteiger partial charge in [0, 0.05) is 6.54 Å². The maximum absolute atomic E-state index is 2.98. The molecule has 0 heterocycles. The lowest BCUT2D eigenvalue weighted by molar-refractivity contribution is 0.918. The van der Waals surface area contributed by atoms with Crippen LogP contribution in [0.5, 0.6) is 0 Å². The first kappa shape index (κ1) is 11.5. The molecule has 0 aliphatic carbocycles. The topological polar surface area (TPSA) is 12.0 Å². The van der Waals surface area contributed by atoms with Crippen molar-refractivity contribution in [1.29, 1.82) is 0 Å². The van der Waals surface area contributed by atoms with Gasteiger partial charge in [0.05, 0.1) is 0 Å². The van der Waals surface area contributed by atoms with Crippen LogP contribution < -0.4 is 5.32 Å². The molecule has 0 aromatic rings. The van der Waals surface area contributed by atoms with E-state index in [0.717, 1.165) is 6.54 Å². The van der Waals surface area contributed by atoms with E-state index in [9.17, 15) is 0 Å². The van der Waals surface area contributed by atoms with Gasteiger partial charge in [-0.3, -0.25) is 0 Å². The molecule has 1 N–H and O–H groups in total. The summed E-state index contributed by atoms with van der Waals surface area (Å²) in [5.41, 5.74) is 0. The summed E-state index contributed by atoms with van der Waals surface area (Å²) in [6, 6.07) is 0. The van der Waals surface area contributed by atoms with Crippen LogP contribution in [0.25, 0.3) is 0 Å². The Morgan fingerprint density at radius 2 is 1.78 bits per heavy atom. The Bertz CT molecular complexity index is 48.5. The molecule has 0 radical (unpaired) electrons. The van der Waals surface area contributed by atoms with Crippen molar-refractivity contribution in [3.05, 3.63) is 12.2 Å². The van der Waals surface area contributed by atoms with Crippen LogP contribution in [0.4, 0.5) is 0 Å². The maximum Gasteiger partial charge on any atom is 0.0131 e. The van der Waals surface area contributed by atoms with Crippen molar-refractivity contribution >= 4 is 0 Å². The van der Waals surface area contributed by atoms with Crippen LogP contribution >= 0.6 is 0 Å². The van der Waals surface area contributed by atoms with Crippen molar-refractivity contribution in [2.75, 3.05) is 13.6 Å². The molecule has 0 rings (SSSR count). The zero-order valence-electron chi connectivity index (χ0n) is 7.07. The van der Waals surface area contributed by atoms with Crippen LogP contribution in [0.3, 0.4) is 0 Å². The standard InChI is InChI=1S/C5H11N.C3H8/c1-3-4-5-6-2;1-3-2/h3-4,6H,5H2,1-2H3;3H2,1-2H3/b4-3+;. The Morgan fingerprint density at radius 1 is 1.33 bits per heavy atom. The van der Waals surface area contributed by atoms with E-state index < -0.39 is 0 Å². The minimum atomic E-state index is 0.983. The average Bonchev–Trinajstić information content (AvgIpc) is 1.86. The summed E-state index contributed by atoms with van der Waals surface area (Å²) >= 11 is 0. The number of nitrogens with one attached hydrogen (secondary N) is 1. The van der Waals surface area contributed by atoms with Gasteiger partial charge in [0.15, 0.2) is 0 Å². The van der Waals surface area contributed by atoms with Gasteiger partial charge in [0.1, 0.15) is 0 Å². The predicted molar refractivity (Wildman–Crippen MR) is 44.7 cm³/mol. The molecule has 0 atom stereocenters. The Morgan fingerprint density at radius 3 is 1.89 bits per heavy atom. The van der Waals surface area contributed by atoms with E-state index in [-0.39, 0.29) is 0 Å². The Labute approximate surface area is 59.2 Å². The smallest absolute Gasteiger partial charge is 0.0131 e. The molecule has 0 saturated heterocycles. The SMILES string of the molecule is C/C=C/CNC.CCC. The highest BCUT2D eigenvalue weighted by Gasteiger charge is 1.61. The normalized spacial score (nSPS) is 8.89. The van der Waals surface area contributed by atoms with Crippen LogP contribution in [0.15, 0.2) is 12.2 Å². The highest BCUT2D eigenvalue weighted by molar-refractivity contribution is 4.77. The maximum atomic E-state index is 2.98. The summed E-state index contributed by atoms with van der Waals surface area (Å²) in [5, 5.41) is 2.98. The third-order valence-corrected chi connectivity index (χ3v) is 0.558. The largest absolute Gasteiger partial charge is 0.316 e. The molecule has 0 spiro atoms. The highest BCUT2D eigenvalue weighted by atomic mass is 14.8. The first-order chi connectivity index (χ1) is 4.33. The molecular formula is C8H19N. The Hall–Kier alpha value is -0.300. The van der Waals surface area contributed by atoms with E-state index >= 15 is 0 Å². The van der Waals surface area contributed by atoms with Crippen molar-refractivity contribution < 1.29 is 0 Å². The van der Waals surface area contributed by atoms with Gasteiger partial charge in [0.2, 0.25) is 0 Å². The minimum absolute atomic E-state index is 0.983. The lowest BCUT2D eigenvalue weighted by Gasteiger charge is -1.81. The summed E-state index contributed by atoms with van der Waals surface area (Å²) in [6.07, 6.45) is 5.34. The van der Waals surface area contributed by atoms with Crippen LogP contribution in [-0.2, 0) is 0 Å². The number of likely N-dealkylation sites (N-methyl/N-ethyl adjacent to an activating group) is 1. The van der Waals surface area contributed by atoms with Gasteiger partial charge in [0.25, 0.3) is 0 Å². The summed E-state index contributed by atoms with van der Waals surface area (Å²) < 4.78 is 0. The van der Waals surface area contributed by atoms with Crippen molar-refractivity contribution in [1.82, 2.24) is 5.32 Å². The van der Waals surface area contributed by atoms with E-state index in [1.165, 1.54) is 6.42 Å². The second-order valence-electron chi connectivity index (χ2n) is 1.83. The third kappa shape index (κ3) is 34.3. The summed E-state index contributed by atoms with van der Waals surface area (Å²) in [5.74, 6) is 0. The predicted octanol–water partition coefficient (Wildman–Crippen LogP) is 2.20. The lowest BCUT2D eigenvalue weighted by Crippen LogP contribution is -2.03. The number of rotatable bonds is 2. The summed E-state index contributed by atoms with van der Waals surface area (Å²) in [4.78, 5) is 0. The van der Waals surface area contributed by atoms with Crippen molar-refractivity contribution in [2.45, 2.75) is 27.2 Å². The molecule has 0 aliphatic rings.